The summed E-state index contributed by atoms with van der Waals surface area (Å²) in [7, 11) is 0. The Hall–Kier alpha value is -1.54. The van der Waals surface area contributed by atoms with Gasteiger partial charge in [0.2, 0.25) is 5.89 Å². The first-order valence-electron chi connectivity index (χ1n) is 5.41. The lowest BCUT2D eigenvalue weighted by molar-refractivity contribution is 0.386. The molecule has 0 aliphatic carbocycles. The summed E-state index contributed by atoms with van der Waals surface area (Å²) in [6.07, 6.45) is 0. The van der Waals surface area contributed by atoms with Gasteiger partial charge in [-0.3, -0.25) is 0 Å². The molecule has 0 bridgehead atoms. The van der Waals surface area contributed by atoms with Crippen LogP contribution < -0.4 is 0 Å². The smallest absolute Gasteiger partial charge is 0.223 e. The highest BCUT2D eigenvalue weighted by molar-refractivity contribution is 9.10. The van der Waals surface area contributed by atoms with E-state index in [1.54, 1.807) is 17.6 Å². The number of aryl methyl sites for hydroxylation is 1. The Bertz CT molecular complexity index is 822. The summed E-state index contributed by atoms with van der Waals surface area (Å²) in [5, 5.41) is 3.83. The maximum Gasteiger partial charge on any atom is 0.223 e. The molecule has 0 amide bonds. The van der Waals surface area contributed by atoms with E-state index in [1.165, 1.54) is 6.07 Å². The average molecular weight is 343 g/mol. The monoisotopic (exact) mass is 342 g/mol. The van der Waals surface area contributed by atoms with Gasteiger partial charge in [-0.15, -0.1) is 0 Å². The third kappa shape index (κ3) is 2.21. The zero-order chi connectivity index (χ0) is 13.6. The van der Waals surface area contributed by atoms with Crippen LogP contribution >= 0.6 is 28.1 Å². The van der Waals surface area contributed by atoms with E-state index in [9.17, 15) is 4.39 Å². The quantitative estimate of drug-likeness (QED) is 0.725. The van der Waals surface area contributed by atoms with E-state index in [0.717, 1.165) is 5.52 Å². The molecule has 5 nitrogen and oxygen atoms in total. The Morgan fingerprint density at radius 1 is 1.53 bits per heavy atom. The summed E-state index contributed by atoms with van der Waals surface area (Å²) in [6.45, 7) is 2.09. The molecular weight excluding hydrogens is 335 g/mol. The van der Waals surface area contributed by atoms with Crippen molar-refractivity contribution in [1.82, 2.24) is 19.7 Å². The molecule has 0 saturated heterocycles. The molecular formula is C11H8BrFN4OS. The van der Waals surface area contributed by atoms with Crippen LogP contribution in [0.15, 0.2) is 21.1 Å². The van der Waals surface area contributed by atoms with Crippen molar-refractivity contribution in [1.29, 1.82) is 0 Å². The predicted octanol–water partition coefficient (Wildman–Crippen LogP) is 3.34. The summed E-state index contributed by atoms with van der Waals surface area (Å²) in [4.78, 5) is 7.08. The van der Waals surface area contributed by atoms with E-state index in [0.29, 0.717) is 33.0 Å². The number of H-pyrrole nitrogens is 1. The van der Waals surface area contributed by atoms with Gasteiger partial charge in [0, 0.05) is 13.0 Å². The Balaban J connectivity index is 2.15. The third-order valence-corrected chi connectivity index (χ3v) is 3.62. The van der Waals surface area contributed by atoms with Crippen molar-refractivity contribution in [3.05, 3.63) is 38.9 Å². The average Bonchev–Trinajstić information content (AvgIpc) is 2.87. The molecule has 2 heterocycles. The van der Waals surface area contributed by atoms with Crippen molar-refractivity contribution in [2.24, 2.45) is 0 Å². The fourth-order valence-electron chi connectivity index (χ4n) is 1.86. The molecule has 3 rings (SSSR count). The van der Waals surface area contributed by atoms with Crippen LogP contribution in [0.25, 0.3) is 11.0 Å². The zero-order valence-electron chi connectivity index (χ0n) is 9.78. The maximum atomic E-state index is 13.5. The second-order valence-electron chi connectivity index (χ2n) is 4.03. The van der Waals surface area contributed by atoms with Gasteiger partial charge in [0.05, 0.1) is 22.1 Å². The molecule has 0 aliphatic heterocycles. The Labute approximate surface area is 120 Å². The standard InChI is InChI=1S/C11H8BrFN4OS/c1-5-14-10(16-18-5)4-17-9-2-6(12)7(13)3-8(9)15-11(17)19/h2-3H,4H2,1H3,(H,15,19). The number of nitrogens with one attached hydrogen (secondary N) is 1. The lowest BCUT2D eigenvalue weighted by Gasteiger charge is -2.01. The van der Waals surface area contributed by atoms with Crippen molar-refractivity contribution in [3.8, 4) is 0 Å². The van der Waals surface area contributed by atoms with Gasteiger partial charge in [-0.05, 0) is 34.2 Å². The predicted molar refractivity (Wildman–Crippen MR) is 72.9 cm³/mol. The molecule has 19 heavy (non-hydrogen) atoms. The summed E-state index contributed by atoms with van der Waals surface area (Å²) in [5.41, 5.74) is 1.41. The highest BCUT2D eigenvalue weighted by Crippen LogP contribution is 2.23. The van der Waals surface area contributed by atoms with E-state index < -0.39 is 0 Å². The lowest BCUT2D eigenvalue weighted by Crippen LogP contribution is -2.01. The molecule has 0 radical (unpaired) electrons. The van der Waals surface area contributed by atoms with Crippen LogP contribution in [0.1, 0.15) is 11.7 Å². The third-order valence-electron chi connectivity index (χ3n) is 2.69. The van der Waals surface area contributed by atoms with Gasteiger partial charge in [0.25, 0.3) is 0 Å². The normalized spacial score (nSPS) is 11.3. The molecule has 0 aliphatic rings. The number of nitrogens with zero attached hydrogens (tertiary/aromatic N) is 3. The lowest BCUT2D eigenvalue weighted by atomic mass is 10.3. The second kappa shape index (κ2) is 4.53. The van der Waals surface area contributed by atoms with Crippen LogP contribution in [0.5, 0.6) is 0 Å². The number of halogens is 2. The number of aromatic nitrogens is 4. The van der Waals surface area contributed by atoms with Crippen LogP contribution in [0.4, 0.5) is 4.39 Å². The largest absolute Gasteiger partial charge is 0.340 e. The van der Waals surface area contributed by atoms with E-state index >= 15 is 0 Å². The minimum Gasteiger partial charge on any atom is -0.340 e. The number of imidazole rings is 1. The fraction of sp³-hybridized carbons (Fsp3) is 0.182. The van der Waals surface area contributed by atoms with Crippen LogP contribution in [0.3, 0.4) is 0 Å². The minimum atomic E-state index is -0.341. The number of hydrogen-bond donors (Lipinski definition) is 1. The van der Waals surface area contributed by atoms with E-state index in [-0.39, 0.29) is 5.82 Å². The van der Waals surface area contributed by atoms with Crippen molar-refractivity contribution in [2.45, 2.75) is 13.5 Å². The topological polar surface area (TPSA) is 59.6 Å². The van der Waals surface area contributed by atoms with Crippen molar-refractivity contribution < 1.29 is 8.91 Å². The molecule has 0 unspecified atom stereocenters. The van der Waals surface area contributed by atoms with Gasteiger partial charge in [0.1, 0.15) is 5.82 Å². The molecule has 8 heteroatoms. The number of fused-ring (bicyclic) bond motifs is 1. The summed E-state index contributed by atoms with van der Waals surface area (Å²) < 4.78 is 21.0. The number of hydrogen-bond acceptors (Lipinski definition) is 4. The van der Waals surface area contributed by atoms with Gasteiger partial charge in [-0.1, -0.05) is 5.16 Å². The van der Waals surface area contributed by atoms with Gasteiger partial charge >= 0.3 is 0 Å². The summed E-state index contributed by atoms with van der Waals surface area (Å²) in [6, 6.07) is 3.07. The minimum absolute atomic E-state index is 0.341. The number of rotatable bonds is 2. The molecule has 3 aromatic rings. The molecule has 1 aromatic carbocycles. The van der Waals surface area contributed by atoms with Gasteiger partial charge in [0.15, 0.2) is 10.6 Å². The first-order valence-corrected chi connectivity index (χ1v) is 6.61. The van der Waals surface area contributed by atoms with Crippen molar-refractivity contribution in [3.63, 3.8) is 0 Å². The number of benzene rings is 1. The van der Waals surface area contributed by atoms with E-state index in [4.69, 9.17) is 16.7 Å². The highest BCUT2D eigenvalue weighted by Gasteiger charge is 2.11. The first-order chi connectivity index (χ1) is 9.04. The molecule has 0 spiro atoms. The Morgan fingerprint density at radius 3 is 3.00 bits per heavy atom. The SMILES string of the molecule is Cc1nc(Cn2c(=S)[nH]c3cc(F)c(Br)cc32)no1. The molecule has 0 saturated carbocycles. The molecule has 98 valence electrons. The Morgan fingerprint density at radius 2 is 2.32 bits per heavy atom. The van der Waals surface area contributed by atoms with E-state index in [1.807, 2.05) is 0 Å². The summed E-state index contributed by atoms with van der Waals surface area (Å²) >= 11 is 8.39. The number of aromatic amines is 1. The van der Waals surface area contributed by atoms with Crippen molar-refractivity contribution >= 4 is 39.2 Å². The van der Waals surface area contributed by atoms with Gasteiger partial charge < -0.3 is 14.1 Å². The summed E-state index contributed by atoms with van der Waals surface area (Å²) in [5.74, 6) is 0.676. The van der Waals surface area contributed by atoms with Crippen LogP contribution in [0, 0.1) is 17.5 Å². The Kier molecular flexibility index (Phi) is 2.98. The van der Waals surface area contributed by atoms with Gasteiger partial charge in [-0.2, -0.15) is 4.98 Å². The highest BCUT2D eigenvalue weighted by atomic mass is 79.9. The van der Waals surface area contributed by atoms with Crippen LogP contribution in [-0.2, 0) is 6.54 Å². The first kappa shape index (κ1) is 12.5. The maximum absolute atomic E-state index is 13.5. The second-order valence-corrected chi connectivity index (χ2v) is 5.27. The van der Waals surface area contributed by atoms with Gasteiger partial charge in [-0.25, -0.2) is 4.39 Å². The molecule has 2 aromatic heterocycles. The molecule has 0 atom stereocenters. The fourth-order valence-corrected chi connectivity index (χ4v) is 2.46. The molecule has 0 fully saturated rings. The zero-order valence-corrected chi connectivity index (χ0v) is 12.2. The molecule has 1 N–H and O–H groups in total. The van der Waals surface area contributed by atoms with Crippen molar-refractivity contribution in [2.75, 3.05) is 0 Å². The van der Waals surface area contributed by atoms with Crippen LogP contribution in [0.2, 0.25) is 0 Å². The van der Waals surface area contributed by atoms with E-state index in [2.05, 4.69) is 31.1 Å². The van der Waals surface area contributed by atoms with Crippen LogP contribution in [-0.4, -0.2) is 19.7 Å².